The highest BCUT2D eigenvalue weighted by molar-refractivity contribution is 6.32. The van der Waals surface area contributed by atoms with Crippen LogP contribution in [0.4, 0.5) is 5.69 Å². The van der Waals surface area contributed by atoms with Crippen molar-refractivity contribution in [2.75, 3.05) is 25.7 Å². The molecule has 1 aromatic rings. The van der Waals surface area contributed by atoms with Gasteiger partial charge in [-0.05, 0) is 30.7 Å². The number of carbonyl (C=O) groups excluding carboxylic acids is 2. The number of esters is 2. The zero-order chi connectivity index (χ0) is 19.1. The third-order valence-corrected chi connectivity index (χ3v) is 3.84. The summed E-state index contributed by atoms with van der Waals surface area (Å²) in [5.41, 5.74) is 0.575. The molecule has 0 atom stereocenters. The largest absolute Gasteiger partial charge is 0.490 e. The van der Waals surface area contributed by atoms with Gasteiger partial charge >= 0.3 is 11.9 Å². The monoisotopic (exact) mass is 377 g/mol. The normalized spacial score (nSPS) is 13.5. The molecule has 1 heterocycles. The minimum absolute atomic E-state index is 0.00738. The van der Waals surface area contributed by atoms with Gasteiger partial charge in [0.05, 0.1) is 37.1 Å². The predicted molar refractivity (Wildman–Crippen MR) is 99.1 cm³/mol. The van der Waals surface area contributed by atoms with Gasteiger partial charge in [0, 0.05) is 6.20 Å². The van der Waals surface area contributed by atoms with E-state index in [2.05, 4.69) is 0 Å². The Balaban J connectivity index is 2.68. The lowest BCUT2D eigenvalue weighted by Crippen LogP contribution is -2.27. The van der Waals surface area contributed by atoms with Crippen LogP contribution in [-0.4, -0.2) is 32.8 Å². The van der Waals surface area contributed by atoms with Crippen molar-refractivity contribution in [1.29, 1.82) is 0 Å². The Morgan fingerprint density at radius 1 is 1.12 bits per heavy atom. The summed E-state index contributed by atoms with van der Waals surface area (Å²) in [4.78, 5) is 26.2. The Bertz CT molecular complexity index is 782. The molecule has 0 bridgehead atoms. The molecule has 0 aromatic heterocycles. The summed E-state index contributed by atoms with van der Waals surface area (Å²) in [6, 6.07) is 5.16. The first-order valence-electron chi connectivity index (χ1n) is 8.01. The SMILES string of the molecule is CCCOc1c(Cl)cccc1N1C=CC=CC(C(=O)OC)=C1C(=O)OC. The summed E-state index contributed by atoms with van der Waals surface area (Å²) in [6.45, 7) is 2.43. The minimum Gasteiger partial charge on any atom is -0.490 e. The second kappa shape index (κ2) is 9.10. The number of nitrogens with zero attached hydrogens (tertiary/aromatic N) is 1. The van der Waals surface area contributed by atoms with Gasteiger partial charge in [0.25, 0.3) is 0 Å². The number of benzene rings is 1. The number of rotatable bonds is 6. The van der Waals surface area contributed by atoms with E-state index in [4.69, 9.17) is 25.8 Å². The van der Waals surface area contributed by atoms with E-state index in [1.807, 2.05) is 6.92 Å². The Hall–Kier alpha value is -2.73. The first kappa shape index (κ1) is 19.6. The van der Waals surface area contributed by atoms with E-state index in [0.717, 1.165) is 6.42 Å². The van der Waals surface area contributed by atoms with Gasteiger partial charge in [-0.25, -0.2) is 9.59 Å². The summed E-state index contributed by atoms with van der Waals surface area (Å²) in [7, 11) is 2.49. The van der Waals surface area contributed by atoms with Crippen molar-refractivity contribution in [1.82, 2.24) is 0 Å². The topological polar surface area (TPSA) is 65.1 Å². The van der Waals surface area contributed by atoms with Crippen molar-refractivity contribution >= 4 is 29.2 Å². The van der Waals surface area contributed by atoms with Crippen LogP contribution in [0.25, 0.3) is 0 Å². The van der Waals surface area contributed by atoms with Crippen molar-refractivity contribution < 1.29 is 23.8 Å². The molecule has 0 unspecified atom stereocenters. The molecule has 1 aromatic carbocycles. The Morgan fingerprint density at radius 3 is 2.50 bits per heavy atom. The fraction of sp³-hybridized carbons (Fsp3) is 0.263. The van der Waals surface area contributed by atoms with E-state index < -0.39 is 11.9 Å². The van der Waals surface area contributed by atoms with Crippen LogP contribution in [0, 0.1) is 0 Å². The van der Waals surface area contributed by atoms with Crippen molar-refractivity contribution in [2.45, 2.75) is 13.3 Å². The molecule has 6 nitrogen and oxygen atoms in total. The van der Waals surface area contributed by atoms with E-state index in [9.17, 15) is 9.59 Å². The summed E-state index contributed by atoms with van der Waals surface area (Å²) >= 11 is 6.30. The smallest absolute Gasteiger partial charge is 0.355 e. The molecular weight excluding hydrogens is 358 g/mol. The first-order valence-corrected chi connectivity index (χ1v) is 8.39. The molecule has 0 radical (unpaired) electrons. The number of anilines is 1. The predicted octanol–water partition coefficient (Wildman–Crippen LogP) is 3.62. The minimum atomic E-state index is -0.692. The average Bonchev–Trinajstić information content (AvgIpc) is 2.88. The number of allylic oxidation sites excluding steroid dienone is 2. The van der Waals surface area contributed by atoms with Gasteiger partial charge in [0.1, 0.15) is 5.70 Å². The first-order chi connectivity index (χ1) is 12.5. The molecule has 0 saturated heterocycles. The molecule has 2 rings (SSSR count). The summed E-state index contributed by atoms with van der Waals surface area (Å²) in [5, 5.41) is 0.394. The Kier molecular flexibility index (Phi) is 6.86. The van der Waals surface area contributed by atoms with Crippen molar-refractivity contribution in [2.24, 2.45) is 0 Å². The second-order valence-corrected chi connectivity index (χ2v) is 5.66. The molecule has 1 aliphatic rings. The molecule has 0 fully saturated rings. The summed E-state index contributed by atoms with van der Waals surface area (Å²) in [6.07, 6.45) is 7.22. The molecule has 0 spiro atoms. The Morgan fingerprint density at radius 2 is 1.85 bits per heavy atom. The van der Waals surface area contributed by atoms with Crippen LogP contribution in [0.3, 0.4) is 0 Å². The van der Waals surface area contributed by atoms with Gasteiger partial charge in [-0.2, -0.15) is 0 Å². The molecular formula is C19H20ClNO5. The highest BCUT2D eigenvalue weighted by atomic mass is 35.5. The lowest BCUT2D eigenvalue weighted by molar-refractivity contribution is -0.139. The van der Waals surface area contributed by atoms with Gasteiger partial charge in [-0.1, -0.05) is 30.7 Å². The van der Waals surface area contributed by atoms with Crippen molar-refractivity contribution in [3.05, 3.63) is 58.9 Å². The third-order valence-electron chi connectivity index (χ3n) is 3.55. The maximum absolute atomic E-state index is 12.5. The maximum Gasteiger partial charge on any atom is 0.355 e. The van der Waals surface area contributed by atoms with Crippen LogP contribution in [0.15, 0.2) is 53.9 Å². The zero-order valence-electron chi connectivity index (χ0n) is 14.8. The van der Waals surface area contributed by atoms with E-state index in [0.29, 0.717) is 23.1 Å². The number of para-hydroxylation sites is 1. The molecule has 7 heteroatoms. The number of methoxy groups -OCH3 is 2. The van der Waals surface area contributed by atoms with Crippen molar-refractivity contribution in [3.63, 3.8) is 0 Å². The fourth-order valence-electron chi connectivity index (χ4n) is 2.39. The Labute approximate surface area is 157 Å². The highest BCUT2D eigenvalue weighted by Crippen LogP contribution is 2.39. The molecule has 0 N–H and O–H groups in total. The highest BCUT2D eigenvalue weighted by Gasteiger charge is 2.29. The third kappa shape index (κ3) is 4.08. The van der Waals surface area contributed by atoms with E-state index in [1.54, 1.807) is 36.6 Å². The average molecular weight is 378 g/mol. The number of hydrogen-bond donors (Lipinski definition) is 0. The lowest BCUT2D eigenvalue weighted by Gasteiger charge is -2.25. The molecule has 138 valence electrons. The number of hydrogen-bond acceptors (Lipinski definition) is 6. The molecule has 0 amide bonds. The van der Waals surface area contributed by atoms with Gasteiger partial charge in [0.2, 0.25) is 0 Å². The van der Waals surface area contributed by atoms with Crippen LogP contribution >= 0.6 is 11.6 Å². The second-order valence-electron chi connectivity index (χ2n) is 5.25. The van der Waals surface area contributed by atoms with Gasteiger partial charge in [-0.3, -0.25) is 0 Å². The fourth-order valence-corrected chi connectivity index (χ4v) is 2.61. The molecule has 1 aliphatic heterocycles. The van der Waals surface area contributed by atoms with E-state index in [-0.39, 0.29) is 11.3 Å². The lowest BCUT2D eigenvalue weighted by atomic mass is 10.1. The quantitative estimate of drug-likeness (QED) is 0.705. The van der Waals surface area contributed by atoms with Crippen LogP contribution < -0.4 is 9.64 Å². The van der Waals surface area contributed by atoms with Crippen LogP contribution in [-0.2, 0) is 19.1 Å². The zero-order valence-corrected chi connectivity index (χ0v) is 15.6. The van der Waals surface area contributed by atoms with E-state index >= 15 is 0 Å². The van der Waals surface area contributed by atoms with Crippen molar-refractivity contribution in [3.8, 4) is 5.75 Å². The molecule has 0 saturated carbocycles. The summed E-state index contributed by atoms with van der Waals surface area (Å²) in [5.74, 6) is -0.940. The van der Waals surface area contributed by atoms with Gasteiger partial charge in [-0.15, -0.1) is 0 Å². The standard InChI is InChI=1S/C19H20ClNO5/c1-4-12-26-17-14(20)9-7-10-15(17)21-11-6-5-8-13(18(22)24-2)16(21)19(23)25-3/h5-11H,4,12H2,1-3H3. The van der Waals surface area contributed by atoms with E-state index in [1.165, 1.54) is 25.2 Å². The molecule has 26 heavy (non-hydrogen) atoms. The molecule has 0 aliphatic carbocycles. The van der Waals surface area contributed by atoms with Gasteiger partial charge < -0.3 is 19.1 Å². The number of halogens is 1. The number of ether oxygens (including phenoxy) is 3. The number of carbonyl (C=O) groups is 2. The van der Waals surface area contributed by atoms with Crippen LogP contribution in [0.1, 0.15) is 13.3 Å². The summed E-state index contributed by atoms with van der Waals surface area (Å²) < 4.78 is 15.5. The van der Waals surface area contributed by atoms with Crippen LogP contribution in [0.2, 0.25) is 5.02 Å². The maximum atomic E-state index is 12.5. The van der Waals surface area contributed by atoms with Crippen LogP contribution in [0.5, 0.6) is 5.75 Å². The van der Waals surface area contributed by atoms with Gasteiger partial charge in [0.15, 0.2) is 5.75 Å².